The average Bonchev–Trinajstić information content (AvgIpc) is 3.20. The first-order chi connectivity index (χ1) is 16.3. The summed E-state index contributed by atoms with van der Waals surface area (Å²) in [4.78, 5) is 17.6. The van der Waals surface area contributed by atoms with Crippen molar-refractivity contribution in [2.75, 3.05) is 31.6 Å². The molecule has 1 aromatic heterocycles. The van der Waals surface area contributed by atoms with E-state index in [1.165, 1.54) is 4.31 Å². The molecule has 0 saturated carbocycles. The van der Waals surface area contributed by atoms with Crippen LogP contribution in [0.1, 0.15) is 44.5 Å². The molecule has 34 heavy (non-hydrogen) atoms. The number of nitrogens with one attached hydrogen (secondary N) is 1. The van der Waals surface area contributed by atoms with Crippen molar-refractivity contribution >= 4 is 32.7 Å². The third-order valence-corrected chi connectivity index (χ3v) is 8.05. The van der Waals surface area contributed by atoms with Crippen molar-refractivity contribution in [1.29, 1.82) is 0 Å². The molecule has 8 nitrogen and oxygen atoms in total. The van der Waals surface area contributed by atoms with Crippen LogP contribution in [0.25, 0.3) is 11.0 Å². The van der Waals surface area contributed by atoms with Crippen molar-refractivity contribution in [2.45, 2.75) is 51.0 Å². The highest BCUT2D eigenvalue weighted by molar-refractivity contribution is 7.89. The van der Waals surface area contributed by atoms with Crippen molar-refractivity contribution in [1.82, 2.24) is 13.9 Å². The highest BCUT2D eigenvalue weighted by Crippen LogP contribution is 2.26. The largest absolute Gasteiger partial charge is 0.379 e. The molecule has 4 rings (SSSR count). The molecule has 1 amide bonds. The number of benzene rings is 2. The van der Waals surface area contributed by atoms with Gasteiger partial charge >= 0.3 is 0 Å². The van der Waals surface area contributed by atoms with Gasteiger partial charge in [-0.2, -0.15) is 4.31 Å². The molecule has 1 N–H and O–H groups in total. The molecule has 0 spiro atoms. The Morgan fingerprint density at radius 1 is 1.15 bits per heavy atom. The maximum Gasteiger partial charge on any atom is 0.243 e. The standard InChI is InChI=1S/C25H32N4O4S/c1-4-29-23-10-9-19(34(31,32)28-13-15-33-16-14-28)17-22(23)26-24(29)11-12-25(30)27-21-8-6-5-7-20(21)18(2)3/h5-10,17-18H,4,11-16H2,1-3H3,(H,27,30). The molecule has 182 valence electrons. The van der Waals surface area contributed by atoms with E-state index in [9.17, 15) is 13.2 Å². The summed E-state index contributed by atoms with van der Waals surface area (Å²) in [7, 11) is -3.60. The first kappa shape index (κ1) is 24.4. The van der Waals surface area contributed by atoms with Gasteiger partial charge in [0.15, 0.2) is 0 Å². The molecule has 1 aliphatic rings. The van der Waals surface area contributed by atoms with Crippen LogP contribution in [0.2, 0.25) is 0 Å². The van der Waals surface area contributed by atoms with Gasteiger partial charge in [-0.1, -0.05) is 32.0 Å². The number of aryl methyl sites for hydroxylation is 2. The summed E-state index contributed by atoms with van der Waals surface area (Å²) in [5.74, 6) is 1.01. The quantitative estimate of drug-likeness (QED) is 0.525. The molecule has 0 radical (unpaired) electrons. The number of fused-ring (bicyclic) bond motifs is 1. The number of morpholine rings is 1. The Bertz CT molecular complexity index is 1280. The number of aromatic nitrogens is 2. The van der Waals surface area contributed by atoms with Gasteiger partial charge in [-0.05, 0) is 42.7 Å². The van der Waals surface area contributed by atoms with Crippen LogP contribution < -0.4 is 5.32 Å². The number of imidazole rings is 1. The molecule has 0 atom stereocenters. The minimum Gasteiger partial charge on any atom is -0.379 e. The molecule has 2 aromatic carbocycles. The van der Waals surface area contributed by atoms with Crippen molar-refractivity contribution in [2.24, 2.45) is 0 Å². The highest BCUT2D eigenvalue weighted by Gasteiger charge is 2.27. The van der Waals surface area contributed by atoms with Gasteiger partial charge in [0.25, 0.3) is 0 Å². The first-order valence-electron chi connectivity index (χ1n) is 11.8. The molecular formula is C25H32N4O4S. The van der Waals surface area contributed by atoms with E-state index < -0.39 is 10.0 Å². The average molecular weight is 485 g/mol. The fourth-order valence-electron chi connectivity index (χ4n) is 4.35. The van der Waals surface area contributed by atoms with E-state index in [1.54, 1.807) is 12.1 Å². The Kier molecular flexibility index (Phi) is 7.35. The number of amides is 1. The predicted molar refractivity (Wildman–Crippen MR) is 132 cm³/mol. The number of anilines is 1. The van der Waals surface area contributed by atoms with Crippen molar-refractivity contribution < 1.29 is 17.9 Å². The second-order valence-corrected chi connectivity index (χ2v) is 10.7. The van der Waals surface area contributed by atoms with Gasteiger partial charge in [0.05, 0.1) is 29.1 Å². The lowest BCUT2D eigenvalue weighted by Gasteiger charge is -2.26. The van der Waals surface area contributed by atoms with E-state index >= 15 is 0 Å². The summed E-state index contributed by atoms with van der Waals surface area (Å²) in [6.45, 7) is 8.40. The zero-order valence-corrected chi connectivity index (χ0v) is 20.8. The van der Waals surface area contributed by atoms with E-state index in [2.05, 4.69) is 19.2 Å². The van der Waals surface area contributed by atoms with Gasteiger partial charge in [0.2, 0.25) is 15.9 Å². The number of para-hydroxylation sites is 1. The smallest absolute Gasteiger partial charge is 0.243 e. The highest BCUT2D eigenvalue weighted by atomic mass is 32.2. The molecule has 2 heterocycles. The fourth-order valence-corrected chi connectivity index (χ4v) is 5.78. The summed E-state index contributed by atoms with van der Waals surface area (Å²) in [5.41, 5.74) is 3.43. The molecule has 1 aliphatic heterocycles. The second kappa shape index (κ2) is 10.2. The van der Waals surface area contributed by atoms with Gasteiger partial charge in [-0.15, -0.1) is 0 Å². The van der Waals surface area contributed by atoms with Crippen LogP contribution in [0.5, 0.6) is 0 Å². The van der Waals surface area contributed by atoms with Crippen molar-refractivity contribution in [3.8, 4) is 0 Å². The van der Waals surface area contributed by atoms with E-state index in [-0.39, 0.29) is 17.2 Å². The van der Waals surface area contributed by atoms with Crippen LogP contribution in [0.3, 0.4) is 0 Å². The normalized spacial score (nSPS) is 15.2. The minimum atomic E-state index is -3.60. The van der Waals surface area contributed by atoms with Crippen molar-refractivity contribution in [3.63, 3.8) is 0 Å². The molecule has 1 saturated heterocycles. The lowest BCUT2D eigenvalue weighted by molar-refractivity contribution is -0.116. The fraction of sp³-hybridized carbons (Fsp3) is 0.440. The molecular weight excluding hydrogens is 452 g/mol. The molecule has 1 fully saturated rings. The Morgan fingerprint density at radius 2 is 1.88 bits per heavy atom. The number of hydrogen-bond acceptors (Lipinski definition) is 5. The number of nitrogens with zero attached hydrogens (tertiary/aromatic N) is 3. The van der Waals surface area contributed by atoms with Crippen LogP contribution in [0, 0.1) is 0 Å². The third kappa shape index (κ3) is 5.01. The summed E-state index contributed by atoms with van der Waals surface area (Å²) in [6.07, 6.45) is 0.748. The Morgan fingerprint density at radius 3 is 2.59 bits per heavy atom. The lowest BCUT2D eigenvalue weighted by Crippen LogP contribution is -2.40. The summed E-state index contributed by atoms with van der Waals surface area (Å²) in [6, 6.07) is 12.9. The maximum absolute atomic E-state index is 13.0. The van der Waals surface area contributed by atoms with E-state index in [0.29, 0.717) is 50.7 Å². The summed E-state index contributed by atoms with van der Waals surface area (Å²) < 4.78 is 34.9. The SMILES string of the molecule is CCn1c(CCC(=O)Nc2ccccc2C(C)C)nc2cc(S(=O)(=O)N3CCOCC3)ccc21. The second-order valence-electron chi connectivity index (χ2n) is 8.73. The minimum absolute atomic E-state index is 0.0709. The van der Waals surface area contributed by atoms with Crippen LogP contribution in [-0.4, -0.2) is 54.5 Å². The van der Waals surface area contributed by atoms with Crippen molar-refractivity contribution in [3.05, 3.63) is 53.9 Å². The molecule has 3 aromatic rings. The molecule has 0 aliphatic carbocycles. The molecule has 0 bridgehead atoms. The monoisotopic (exact) mass is 484 g/mol. The maximum atomic E-state index is 13.0. The third-order valence-electron chi connectivity index (χ3n) is 6.16. The number of sulfonamides is 1. The van der Waals surface area contributed by atoms with Gasteiger partial charge in [-0.25, -0.2) is 13.4 Å². The van der Waals surface area contributed by atoms with Crippen LogP contribution in [0.15, 0.2) is 47.4 Å². The van der Waals surface area contributed by atoms with Crippen LogP contribution in [-0.2, 0) is 32.5 Å². The van der Waals surface area contributed by atoms with Gasteiger partial charge in [0.1, 0.15) is 5.82 Å². The molecule has 0 unspecified atom stereocenters. The zero-order chi connectivity index (χ0) is 24.3. The van der Waals surface area contributed by atoms with E-state index in [0.717, 1.165) is 22.6 Å². The van der Waals surface area contributed by atoms with E-state index in [4.69, 9.17) is 9.72 Å². The Balaban J connectivity index is 1.52. The number of hydrogen-bond donors (Lipinski definition) is 1. The summed E-state index contributed by atoms with van der Waals surface area (Å²) in [5, 5.41) is 3.03. The topological polar surface area (TPSA) is 93.5 Å². The Hall–Kier alpha value is -2.75. The number of carbonyl (C=O) groups is 1. The van der Waals surface area contributed by atoms with Gasteiger partial charge in [0, 0.05) is 38.2 Å². The number of carbonyl (C=O) groups excluding carboxylic acids is 1. The number of rotatable bonds is 8. The first-order valence-corrected chi connectivity index (χ1v) is 13.2. The summed E-state index contributed by atoms with van der Waals surface area (Å²) >= 11 is 0. The van der Waals surface area contributed by atoms with E-state index in [1.807, 2.05) is 41.8 Å². The van der Waals surface area contributed by atoms with Gasteiger partial charge in [-0.3, -0.25) is 4.79 Å². The zero-order valence-electron chi connectivity index (χ0n) is 20.0. The number of ether oxygens (including phenoxy) is 1. The van der Waals surface area contributed by atoms with Crippen LogP contribution in [0.4, 0.5) is 5.69 Å². The van der Waals surface area contributed by atoms with Gasteiger partial charge < -0.3 is 14.6 Å². The Labute approximate surface area is 201 Å². The molecule has 9 heteroatoms. The lowest BCUT2D eigenvalue weighted by atomic mass is 10.0. The predicted octanol–water partition coefficient (Wildman–Crippen LogP) is 3.77. The van der Waals surface area contributed by atoms with Crippen LogP contribution >= 0.6 is 0 Å².